The van der Waals surface area contributed by atoms with Crippen LogP contribution in [-0.2, 0) is 20.6 Å². The number of nitrogens with zero attached hydrogens (tertiary/aromatic N) is 3. The van der Waals surface area contributed by atoms with E-state index in [1.54, 1.807) is 0 Å². The van der Waals surface area contributed by atoms with E-state index in [0.717, 1.165) is 31.0 Å². The number of rotatable bonds is 7. The standard InChI is InChI=1S/C23H32N4O5S/c1-30-21-17(24-23-25-22(26-33-23)27-9-11-31-12-10-27)18(28)19(29)20(32-21)16-7-5-15(6-8-16)13-14-3-2-4-14/h5-8,14,17-21,28-29H,2-4,9-13H2,1H3,(H,24,25,26)/t17-,18+,19+,20+,21-/m0/s1. The van der Waals surface area contributed by atoms with Gasteiger partial charge in [-0.15, -0.1) is 0 Å². The van der Waals surface area contributed by atoms with Gasteiger partial charge in [-0.3, -0.25) is 0 Å². The minimum Gasteiger partial charge on any atom is -0.388 e. The van der Waals surface area contributed by atoms with Crippen LogP contribution in [0.4, 0.5) is 11.1 Å². The van der Waals surface area contributed by atoms with E-state index in [4.69, 9.17) is 14.2 Å². The molecule has 2 aromatic rings. The van der Waals surface area contributed by atoms with E-state index >= 15 is 0 Å². The van der Waals surface area contributed by atoms with Crippen molar-refractivity contribution in [3.63, 3.8) is 0 Å². The van der Waals surface area contributed by atoms with Crippen molar-refractivity contribution in [2.24, 2.45) is 5.92 Å². The molecule has 0 spiro atoms. The number of aliphatic hydroxyl groups is 2. The van der Waals surface area contributed by atoms with E-state index in [9.17, 15) is 10.2 Å². The van der Waals surface area contributed by atoms with Gasteiger partial charge in [0, 0.05) is 31.7 Å². The van der Waals surface area contributed by atoms with Crippen LogP contribution < -0.4 is 10.2 Å². The Morgan fingerprint density at radius 3 is 2.58 bits per heavy atom. The Morgan fingerprint density at radius 1 is 1.15 bits per heavy atom. The fraction of sp³-hybridized carbons (Fsp3) is 0.652. The third-order valence-electron chi connectivity index (χ3n) is 6.89. The summed E-state index contributed by atoms with van der Waals surface area (Å²) >= 11 is 1.20. The van der Waals surface area contributed by atoms with E-state index in [1.165, 1.54) is 43.5 Å². The Bertz CT molecular complexity index is 901. The van der Waals surface area contributed by atoms with Gasteiger partial charge in [0.2, 0.25) is 11.1 Å². The molecule has 3 aliphatic rings. The van der Waals surface area contributed by atoms with Gasteiger partial charge in [0.05, 0.1) is 13.2 Å². The molecule has 3 fully saturated rings. The molecule has 1 aromatic heterocycles. The maximum Gasteiger partial charge on any atom is 0.239 e. The number of ether oxygens (including phenoxy) is 3. The molecule has 0 radical (unpaired) electrons. The number of hydrogen-bond donors (Lipinski definition) is 3. The average Bonchev–Trinajstić information content (AvgIpc) is 3.29. The molecular weight excluding hydrogens is 444 g/mol. The number of benzene rings is 1. The first-order valence-corrected chi connectivity index (χ1v) is 12.5. The van der Waals surface area contributed by atoms with Gasteiger partial charge in [-0.1, -0.05) is 43.5 Å². The molecule has 2 aliphatic heterocycles. The van der Waals surface area contributed by atoms with Crippen molar-refractivity contribution in [2.75, 3.05) is 43.6 Å². The van der Waals surface area contributed by atoms with Gasteiger partial charge in [0.1, 0.15) is 24.4 Å². The van der Waals surface area contributed by atoms with Crippen LogP contribution in [0.1, 0.15) is 36.5 Å². The lowest BCUT2D eigenvalue weighted by molar-refractivity contribution is -0.250. The Hall–Kier alpha value is -1.82. The molecule has 33 heavy (non-hydrogen) atoms. The normalized spacial score (nSPS) is 30.8. The highest BCUT2D eigenvalue weighted by atomic mass is 32.1. The first-order valence-electron chi connectivity index (χ1n) is 11.7. The lowest BCUT2D eigenvalue weighted by atomic mass is 9.81. The molecular formula is C23H32N4O5S. The Balaban J connectivity index is 1.25. The summed E-state index contributed by atoms with van der Waals surface area (Å²) in [6, 6.07) is 7.46. The van der Waals surface area contributed by atoms with E-state index < -0.39 is 30.6 Å². The predicted octanol–water partition coefficient (Wildman–Crippen LogP) is 1.96. The maximum absolute atomic E-state index is 11.0. The van der Waals surface area contributed by atoms with Gasteiger partial charge >= 0.3 is 0 Å². The summed E-state index contributed by atoms with van der Waals surface area (Å²) in [6.07, 6.45) is 1.38. The maximum atomic E-state index is 11.0. The number of nitrogens with one attached hydrogen (secondary N) is 1. The molecule has 180 valence electrons. The summed E-state index contributed by atoms with van der Waals surface area (Å²) in [5.74, 6) is 1.43. The number of aliphatic hydroxyl groups excluding tert-OH is 2. The summed E-state index contributed by atoms with van der Waals surface area (Å²) < 4.78 is 21.4. The molecule has 2 saturated heterocycles. The second-order valence-corrected chi connectivity index (χ2v) is 9.81. The second-order valence-electron chi connectivity index (χ2n) is 9.05. The molecule has 1 saturated carbocycles. The molecule has 1 aromatic carbocycles. The third-order valence-corrected chi connectivity index (χ3v) is 7.53. The van der Waals surface area contributed by atoms with E-state index in [0.29, 0.717) is 24.3 Å². The molecule has 5 atom stereocenters. The van der Waals surface area contributed by atoms with Crippen LogP contribution in [0.3, 0.4) is 0 Å². The number of aromatic nitrogens is 2. The minimum absolute atomic E-state index is 0.539. The molecule has 10 heteroatoms. The smallest absolute Gasteiger partial charge is 0.239 e. The van der Waals surface area contributed by atoms with Gasteiger partial charge in [0.25, 0.3) is 0 Å². The van der Waals surface area contributed by atoms with E-state index in [1.807, 2.05) is 12.1 Å². The second kappa shape index (κ2) is 10.2. The van der Waals surface area contributed by atoms with Gasteiger partial charge in [-0.25, -0.2) is 0 Å². The highest BCUT2D eigenvalue weighted by molar-refractivity contribution is 7.09. The number of morpholine rings is 1. The highest BCUT2D eigenvalue weighted by Crippen LogP contribution is 2.35. The van der Waals surface area contributed by atoms with E-state index in [2.05, 4.69) is 31.7 Å². The first kappa shape index (κ1) is 22.9. The minimum atomic E-state index is -1.11. The van der Waals surface area contributed by atoms with Gasteiger partial charge in [0.15, 0.2) is 6.29 Å². The molecule has 0 amide bonds. The topological polar surface area (TPSA) is 109 Å². The largest absolute Gasteiger partial charge is 0.388 e. The van der Waals surface area contributed by atoms with Crippen molar-refractivity contribution in [3.8, 4) is 0 Å². The molecule has 9 nitrogen and oxygen atoms in total. The van der Waals surface area contributed by atoms with Crippen molar-refractivity contribution in [1.82, 2.24) is 9.36 Å². The first-order chi connectivity index (χ1) is 16.1. The van der Waals surface area contributed by atoms with Crippen LogP contribution in [0.15, 0.2) is 24.3 Å². The van der Waals surface area contributed by atoms with Crippen LogP contribution in [0, 0.1) is 5.92 Å². The molecule has 0 unspecified atom stereocenters. The average molecular weight is 477 g/mol. The molecule has 3 heterocycles. The molecule has 3 N–H and O–H groups in total. The van der Waals surface area contributed by atoms with Gasteiger partial charge in [-0.05, 0) is 23.5 Å². The van der Waals surface area contributed by atoms with Crippen LogP contribution >= 0.6 is 11.5 Å². The van der Waals surface area contributed by atoms with Crippen molar-refractivity contribution in [3.05, 3.63) is 35.4 Å². The summed E-state index contributed by atoms with van der Waals surface area (Å²) in [5.41, 5.74) is 2.12. The van der Waals surface area contributed by atoms with Gasteiger partial charge < -0.3 is 34.6 Å². The quantitative estimate of drug-likeness (QED) is 0.552. The fourth-order valence-electron chi connectivity index (χ4n) is 4.68. The summed E-state index contributed by atoms with van der Waals surface area (Å²) in [5, 5.41) is 25.6. The summed E-state index contributed by atoms with van der Waals surface area (Å²) in [4.78, 5) is 6.60. The number of hydrogen-bond acceptors (Lipinski definition) is 10. The number of anilines is 2. The van der Waals surface area contributed by atoms with Crippen molar-refractivity contribution >= 4 is 22.6 Å². The molecule has 1 aliphatic carbocycles. The Morgan fingerprint density at radius 2 is 1.91 bits per heavy atom. The zero-order chi connectivity index (χ0) is 22.8. The Kier molecular flexibility index (Phi) is 7.10. The monoisotopic (exact) mass is 476 g/mol. The zero-order valence-electron chi connectivity index (χ0n) is 18.8. The predicted molar refractivity (Wildman–Crippen MR) is 124 cm³/mol. The Labute approximate surface area is 197 Å². The SMILES string of the molecule is CO[C@H]1O[C@H](c2ccc(CC3CCC3)cc2)[C@H](O)[C@H](O)[C@@H]1Nc1nc(N2CCOCC2)ns1. The van der Waals surface area contributed by atoms with Crippen LogP contribution in [0.2, 0.25) is 0 Å². The van der Waals surface area contributed by atoms with Crippen LogP contribution in [0.25, 0.3) is 0 Å². The fourth-order valence-corrected chi connectivity index (χ4v) is 5.31. The summed E-state index contributed by atoms with van der Waals surface area (Å²) in [6.45, 7) is 2.79. The third kappa shape index (κ3) is 5.01. The molecule has 0 bridgehead atoms. The highest BCUT2D eigenvalue weighted by Gasteiger charge is 2.45. The van der Waals surface area contributed by atoms with Crippen molar-refractivity contribution in [2.45, 2.75) is 56.3 Å². The molecule has 5 rings (SSSR count). The summed E-state index contributed by atoms with van der Waals surface area (Å²) in [7, 11) is 1.53. The van der Waals surface area contributed by atoms with Crippen molar-refractivity contribution < 1.29 is 24.4 Å². The number of methoxy groups -OCH3 is 1. The lowest BCUT2D eigenvalue weighted by Crippen LogP contribution is -2.57. The lowest BCUT2D eigenvalue weighted by Gasteiger charge is -2.42. The zero-order valence-corrected chi connectivity index (χ0v) is 19.6. The van der Waals surface area contributed by atoms with E-state index in [-0.39, 0.29) is 0 Å². The van der Waals surface area contributed by atoms with Crippen LogP contribution in [0.5, 0.6) is 0 Å². The van der Waals surface area contributed by atoms with Crippen molar-refractivity contribution in [1.29, 1.82) is 0 Å². The van der Waals surface area contributed by atoms with Crippen LogP contribution in [-0.4, -0.2) is 77.5 Å². The van der Waals surface area contributed by atoms with Gasteiger partial charge in [-0.2, -0.15) is 9.36 Å².